The Hall–Kier alpha value is -2.63. The number of carbonyl (C=O) groups is 1. The first kappa shape index (κ1) is 17.8. The number of anilines is 1. The van der Waals surface area contributed by atoms with Gasteiger partial charge in [-0.3, -0.25) is 9.59 Å². The first-order valence-corrected chi connectivity index (χ1v) is 9.88. The molecule has 0 atom stereocenters. The Morgan fingerprint density at radius 3 is 2.48 bits per heavy atom. The zero-order valence-corrected chi connectivity index (χ0v) is 15.6. The Morgan fingerprint density at radius 1 is 0.963 bits per heavy atom. The third-order valence-corrected chi connectivity index (χ3v) is 5.56. The molecule has 1 fully saturated rings. The summed E-state index contributed by atoms with van der Waals surface area (Å²) in [6.07, 6.45) is 5.22. The number of carbonyl (C=O) groups excluding carboxylic acids is 1. The molecule has 0 spiro atoms. The Bertz CT molecular complexity index is 854. The summed E-state index contributed by atoms with van der Waals surface area (Å²) in [4.78, 5) is 29.2. The molecule has 0 radical (unpaired) electrons. The van der Waals surface area contributed by atoms with Crippen LogP contribution in [0.1, 0.15) is 30.5 Å². The van der Waals surface area contributed by atoms with Crippen LogP contribution in [-0.4, -0.2) is 46.8 Å². The van der Waals surface area contributed by atoms with Gasteiger partial charge in [-0.2, -0.15) is 5.10 Å². The Morgan fingerprint density at radius 2 is 1.70 bits per heavy atom. The van der Waals surface area contributed by atoms with Gasteiger partial charge in [0.25, 0.3) is 5.56 Å². The summed E-state index contributed by atoms with van der Waals surface area (Å²) in [5.74, 6) is -0.0223. The zero-order chi connectivity index (χ0) is 18.6. The van der Waals surface area contributed by atoms with Crippen LogP contribution in [-0.2, 0) is 24.2 Å². The van der Waals surface area contributed by atoms with Crippen LogP contribution in [0.25, 0.3) is 0 Å². The number of fused-ring (bicyclic) bond motifs is 1. The molecule has 1 aliphatic carbocycles. The maximum atomic E-state index is 12.7. The van der Waals surface area contributed by atoms with E-state index in [0.717, 1.165) is 50.0 Å². The highest BCUT2D eigenvalue weighted by atomic mass is 16.2. The Balaban J connectivity index is 1.40. The number of aromatic nitrogens is 2. The van der Waals surface area contributed by atoms with Crippen LogP contribution in [0.15, 0.2) is 41.2 Å². The molecule has 6 heteroatoms. The fourth-order valence-corrected chi connectivity index (χ4v) is 3.97. The van der Waals surface area contributed by atoms with E-state index in [1.54, 1.807) is 6.07 Å². The second-order valence-corrected chi connectivity index (χ2v) is 7.38. The number of hydrogen-bond acceptors (Lipinski definition) is 4. The molecular weight excluding hydrogens is 340 g/mol. The van der Waals surface area contributed by atoms with E-state index in [0.29, 0.717) is 13.1 Å². The van der Waals surface area contributed by atoms with Crippen molar-refractivity contribution in [2.24, 2.45) is 0 Å². The number of nitrogens with zero attached hydrogens (tertiary/aromatic N) is 4. The van der Waals surface area contributed by atoms with Crippen LogP contribution in [0.4, 0.5) is 5.69 Å². The Kier molecular flexibility index (Phi) is 5.23. The van der Waals surface area contributed by atoms with Crippen LogP contribution in [0, 0.1) is 0 Å². The average molecular weight is 366 g/mol. The van der Waals surface area contributed by atoms with Crippen molar-refractivity contribution >= 4 is 11.6 Å². The number of amides is 1. The van der Waals surface area contributed by atoms with E-state index in [-0.39, 0.29) is 18.0 Å². The summed E-state index contributed by atoms with van der Waals surface area (Å²) < 4.78 is 1.36. The molecule has 2 aromatic rings. The van der Waals surface area contributed by atoms with Gasteiger partial charge in [0, 0.05) is 37.9 Å². The van der Waals surface area contributed by atoms with Crippen molar-refractivity contribution in [3.8, 4) is 0 Å². The fraction of sp³-hybridized carbons (Fsp3) is 0.476. The zero-order valence-electron chi connectivity index (χ0n) is 15.6. The van der Waals surface area contributed by atoms with Crippen molar-refractivity contribution in [1.29, 1.82) is 0 Å². The number of hydrogen-bond donors (Lipinski definition) is 0. The van der Waals surface area contributed by atoms with E-state index < -0.39 is 0 Å². The van der Waals surface area contributed by atoms with Crippen LogP contribution < -0.4 is 10.5 Å². The van der Waals surface area contributed by atoms with Crippen molar-refractivity contribution in [2.75, 3.05) is 31.1 Å². The molecule has 0 saturated carbocycles. The predicted octanol–water partition coefficient (Wildman–Crippen LogP) is 1.86. The van der Waals surface area contributed by atoms with Gasteiger partial charge in [-0.25, -0.2) is 4.68 Å². The van der Waals surface area contributed by atoms with E-state index >= 15 is 0 Å². The van der Waals surface area contributed by atoms with Crippen LogP contribution in [0.5, 0.6) is 0 Å². The lowest BCUT2D eigenvalue weighted by Crippen LogP contribution is -2.50. The monoisotopic (exact) mass is 366 g/mol. The minimum atomic E-state index is -0.160. The van der Waals surface area contributed by atoms with Crippen molar-refractivity contribution in [3.63, 3.8) is 0 Å². The van der Waals surface area contributed by atoms with Gasteiger partial charge in [0.2, 0.25) is 5.91 Å². The summed E-state index contributed by atoms with van der Waals surface area (Å²) in [7, 11) is 0. The summed E-state index contributed by atoms with van der Waals surface area (Å²) in [5.41, 5.74) is 3.09. The number of benzene rings is 1. The Labute approximate surface area is 159 Å². The SMILES string of the molecule is O=C(Cn1nc2c(cc1=O)CCCCC2)N1CCN(c2ccccc2)CC1. The quantitative estimate of drug-likeness (QED) is 0.778. The van der Waals surface area contributed by atoms with Gasteiger partial charge in [-0.15, -0.1) is 0 Å². The van der Waals surface area contributed by atoms with Crippen molar-refractivity contribution < 1.29 is 4.79 Å². The molecule has 0 bridgehead atoms. The first-order valence-electron chi connectivity index (χ1n) is 9.88. The molecule has 1 amide bonds. The summed E-state index contributed by atoms with van der Waals surface area (Å²) in [6.45, 7) is 3.00. The lowest BCUT2D eigenvalue weighted by Gasteiger charge is -2.36. The van der Waals surface area contributed by atoms with E-state index in [1.165, 1.54) is 16.8 Å². The molecule has 1 aromatic heterocycles. The molecule has 1 saturated heterocycles. The van der Waals surface area contributed by atoms with Gasteiger partial charge >= 0.3 is 0 Å². The largest absolute Gasteiger partial charge is 0.368 e. The number of aryl methyl sites for hydroxylation is 2. The first-order chi connectivity index (χ1) is 13.2. The third kappa shape index (κ3) is 4.04. The topological polar surface area (TPSA) is 58.4 Å². The van der Waals surface area contributed by atoms with Crippen molar-refractivity contribution in [1.82, 2.24) is 14.7 Å². The number of piperazine rings is 1. The van der Waals surface area contributed by atoms with Gasteiger partial charge in [0.05, 0.1) is 5.69 Å². The smallest absolute Gasteiger partial charge is 0.267 e. The molecule has 2 aliphatic rings. The maximum Gasteiger partial charge on any atom is 0.267 e. The molecule has 0 unspecified atom stereocenters. The van der Waals surface area contributed by atoms with E-state index in [9.17, 15) is 9.59 Å². The average Bonchev–Trinajstić information content (AvgIpc) is 2.94. The molecule has 0 N–H and O–H groups in total. The molecule has 27 heavy (non-hydrogen) atoms. The van der Waals surface area contributed by atoms with Gasteiger partial charge in [0.1, 0.15) is 6.54 Å². The maximum absolute atomic E-state index is 12.7. The third-order valence-electron chi connectivity index (χ3n) is 5.56. The van der Waals surface area contributed by atoms with E-state index in [2.05, 4.69) is 22.1 Å². The summed E-state index contributed by atoms with van der Waals surface area (Å²) >= 11 is 0. The highest BCUT2D eigenvalue weighted by Gasteiger charge is 2.22. The van der Waals surface area contributed by atoms with Gasteiger partial charge in [-0.1, -0.05) is 24.6 Å². The normalized spacial score (nSPS) is 17.3. The molecule has 142 valence electrons. The molecule has 4 rings (SSSR count). The van der Waals surface area contributed by atoms with Crippen LogP contribution >= 0.6 is 0 Å². The summed E-state index contributed by atoms with van der Waals surface area (Å²) in [6, 6.07) is 11.9. The van der Waals surface area contributed by atoms with E-state index in [1.807, 2.05) is 23.1 Å². The molecular formula is C21H26N4O2. The van der Waals surface area contributed by atoms with Crippen LogP contribution in [0.2, 0.25) is 0 Å². The fourth-order valence-electron chi connectivity index (χ4n) is 3.97. The van der Waals surface area contributed by atoms with Crippen LogP contribution in [0.3, 0.4) is 0 Å². The van der Waals surface area contributed by atoms with Crippen molar-refractivity contribution in [3.05, 3.63) is 58.0 Å². The standard InChI is InChI=1S/C21H26N4O2/c26-20-15-17-7-3-1-6-10-19(17)22-25(20)16-21(27)24-13-11-23(12-14-24)18-8-4-2-5-9-18/h2,4-5,8-9,15H,1,3,6-7,10-14,16H2. The highest BCUT2D eigenvalue weighted by molar-refractivity contribution is 5.76. The molecule has 6 nitrogen and oxygen atoms in total. The lowest BCUT2D eigenvalue weighted by molar-refractivity contribution is -0.132. The predicted molar refractivity (Wildman–Crippen MR) is 105 cm³/mol. The minimum Gasteiger partial charge on any atom is -0.368 e. The second-order valence-electron chi connectivity index (χ2n) is 7.38. The van der Waals surface area contributed by atoms with Crippen molar-refractivity contribution in [2.45, 2.75) is 38.6 Å². The highest BCUT2D eigenvalue weighted by Crippen LogP contribution is 2.17. The summed E-state index contributed by atoms with van der Waals surface area (Å²) in [5, 5.41) is 4.52. The minimum absolute atomic E-state index is 0.0223. The molecule has 2 heterocycles. The number of para-hydroxylation sites is 1. The number of rotatable bonds is 3. The van der Waals surface area contributed by atoms with E-state index in [4.69, 9.17) is 0 Å². The molecule has 1 aromatic carbocycles. The van der Waals surface area contributed by atoms with Gasteiger partial charge in [0.15, 0.2) is 0 Å². The van der Waals surface area contributed by atoms with Gasteiger partial charge in [-0.05, 0) is 43.4 Å². The lowest BCUT2D eigenvalue weighted by atomic mass is 10.1. The molecule has 1 aliphatic heterocycles. The van der Waals surface area contributed by atoms with Gasteiger partial charge < -0.3 is 9.80 Å². The second kappa shape index (κ2) is 7.94.